The van der Waals surface area contributed by atoms with E-state index in [9.17, 15) is 0 Å². The largest absolute Gasteiger partial charge is 0.412 e. The molecule has 7 N–H and O–H groups in total. The first-order valence-electron chi connectivity index (χ1n) is 1.85. The molecule has 0 aliphatic heterocycles. The summed E-state index contributed by atoms with van der Waals surface area (Å²) in [4.78, 5) is 0. The summed E-state index contributed by atoms with van der Waals surface area (Å²) in [5.41, 5.74) is 0. The number of aliphatic hydroxyl groups is 1. The summed E-state index contributed by atoms with van der Waals surface area (Å²) < 4.78 is 4.54. The molecule has 0 heterocycles. The van der Waals surface area contributed by atoms with Crippen LogP contribution in [0.15, 0.2) is 0 Å². The van der Waals surface area contributed by atoms with Crippen LogP contribution >= 0.6 is 0 Å². The maximum absolute atomic E-state index is 7.00. The van der Waals surface area contributed by atoms with Crippen LogP contribution in [0.1, 0.15) is 6.92 Å². The van der Waals surface area contributed by atoms with Gasteiger partial charge in [-0.25, -0.2) is 0 Å². The fraction of sp³-hybridized carbons (Fsp3) is 1.00. The van der Waals surface area contributed by atoms with Crippen molar-refractivity contribution in [2.75, 3.05) is 20.8 Å². The lowest BCUT2D eigenvalue weighted by molar-refractivity contribution is 0.215. The van der Waals surface area contributed by atoms with Gasteiger partial charge in [0.2, 0.25) is 0 Å². The summed E-state index contributed by atoms with van der Waals surface area (Å²) in [6, 6.07) is 0. The van der Waals surface area contributed by atoms with Gasteiger partial charge in [-0.05, 0) is 6.92 Å². The van der Waals surface area contributed by atoms with E-state index in [-0.39, 0.29) is 16.4 Å². The number of aliphatic hydroxyl groups excluding tert-OH is 1. The molecule has 0 aromatic rings. The first-order valence-corrected chi connectivity index (χ1v) is 1.85. The zero-order valence-corrected chi connectivity index (χ0v) is 6.06. The Morgan fingerprint density at radius 1 is 1.11 bits per heavy atom. The molecule has 0 rings (SSSR count). The van der Waals surface area contributed by atoms with Gasteiger partial charge in [0.1, 0.15) is 0 Å². The number of ether oxygens (including phenoxy) is 1. The van der Waals surface area contributed by atoms with E-state index in [1.165, 1.54) is 0 Å². The quantitative estimate of drug-likeness (QED) is 0.450. The molecule has 0 fully saturated rings. The maximum atomic E-state index is 7.00. The van der Waals surface area contributed by atoms with E-state index in [4.69, 9.17) is 5.11 Å². The predicted octanol–water partition coefficient (Wildman–Crippen LogP) is -2.21. The smallest absolute Gasteiger partial charge is 0.0433 e. The van der Waals surface area contributed by atoms with Gasteiger partial charge < -0.3 is 26.3 Å². The van der Waals surface area contributed by atoms with Crippen molar-refractivity contribution in [2.24, 2.45) is 0 Å². The van der Waals surface area contributed by atoms with Crippen molar-refractivity contribution in [3.05, 3.63) is 0 Å². The molecular weight excluding hydrogens is 128 g/mol. The Bertz CT molecular complexity index is 10.9. The second kappa shape index (κ2) is 111. The van der Waals surface area contributed by atoms with E-state index in [1.54, 1.807) is 7.11 Å². The molecule has 0 atom stereocenters. The Kier molecular flexibility index (Phi) is 459. The molecule has 0 spiro atoms. The van der Waals surface area contributed by atoms with Crippen LogP contribution in [0.5, 0.6) is 0 Å². The number of hydrogen-bond acceptors (Lipinski definition) is 2. The monoisotopic (exact) mass is 146 g/mol. The van der Waals surface area contributed by atoms with Gasteiger partial charge in [0.25, 0.3) is 0 Å². The average molecular weight is 146 g/mol. The number of rotatable bonds is 1. The molecule has 0 bridgehead atoms. The van der Waals surface area contributed by atoms with Gasteiger partial charge in [-0.2, -0.15) is 0 Å². The Hall–Kier alpha value is -0.200. The number of methoxy groups -OCH3 is 1. The Balaban J connectivity index is -0.00000000990. The Morgan fingerprint density at radius 2 is 1.22 bits per heavy atom. The lowest BCUT2D eigenvalue weighted by Gasteiger charge is -1.76. The molecule has 0 radical (unpaired) electrons. The molecule has 5 heteroatoms. The SMILES string of the molecule is CCOC.CO.O.O.O. The highest BCUT2D eigenvalue weighted by molar-refractivity contribution is 3.94. The molecule has 0 saturated carbocycles. The molecule has 0 amide bonds. The van der Waals surface area contributed by atoms with E-state index in [0.717, 1.165) is 13.7 Å². The molecule has 0 aliphatic carbocycles. The summed E-state index contributed by atoms with van der Waals surface area (Å²) >= 11 is 0. The molecule has 0 aliphatic rings. The van der Waals surface area contributed by atoms with Crippen LogP contribution in [-0.4, -0.2) is 42.4 Å². The van der Waals surface area contributed by atoms with Crippen LogP contribution in [0.25, 0.3) is 0 Å². The summed E-state index contributed by atoms with van der Waals surface area (Å²) in [7, 11) is 2.68. The van der Waals surface area contributed by atoms with Crippen molar-refractivity contribution in [2.45, 2.75) is 6.92 Å². The fourth-order valence-corrected chi connectivity index (χ4v) is 0. The first-order chi connectivity index (χ1) is 2.91. The van der Waals surface area contributed by atoms with Crippen LogP contribution in [0.3, 0.4) is 0 Å². The third-order valence-electron chi connectivity index (χ3n) is 0.289. The molecule has 9 heavy (non-hydrogen) atoms. The lowest BCUT2D eigenvalue weighted by atomic mass is 10.9. The minimum Gasteiger partial charge on any atom is -0.412 e. The number of hydrogen-bond donors (Lipinski definition) is 1. The van der Waals surface area contributed by atoms with Crippen molar-refractivity contribution in [1.82, 2.24) is 0 Å². The van der Waals surface area contributed by atoms with Crippen molar-refractivity contribution in [1.29, 1.82) is 0 Å². The zero-order chi connectivity index (χ0) is 5.41. The Morgan fingerprint density at radius 3 is 1.22 bits per heavy atom. The van der Waals surface area contributed by atoms with Gasteiger partial charge in [-0.1, -0.05) is 0 Å². The van der Waals surface area contributed by atoms with E-state index < -0.39 is 0 Å². The third-order valence-corrected chi connectivity index (χ3v) is 0.289. The van der Waals surface area contributed by atoms with Crippen molar-refractivity contribution in [3.8, 4) is 0 Å². The van der Waals surface area contributed by atoms with Gasteiger partial charge in [0.15, 0.2) is 0 Å². The summed E-state index contributed by atoms with van der Waals surface area (Å²) in [6.45, 7) is 2.78. The second-order valence-electron chi connectivity index (χ2n) is 0.577. The minimum atomic E-state index is 0. The van der Waals surface area contributed by atoms with Gasteiger partial charge in [-0.3, -0.25) is 0 Å². The average Bonchev–Trinajstić information content (AvgIpc) is 1.72. The Labute approximate surface area is 55.2 Å². The van der Waals surface area contributed by atoms with E-state index in [0.29, 0.717) is 0 Å². The van der Waals surface area contributed by atoms with Gasteiger partial charge in [0.05, 0.1) is 0 Å². The van der Waals surface area contributed by atoms with Crippen molar-refractivity contribution >= 4 is 0 Å². The fourth-order valence-electron chi connectivity index (χ4n) is 0. The molecule has 0 saturated heterocycles. The van der Waals surface area contributed by atoms with E-state index >= 15 is 0 Å². The van der Waals surface area contributed by atoms with Gasteiger partial charge in [-0.15, -0.1) is 0 Å². The van der Waals surface area contributed by atoms with Crippen LogP contribution in [0.2, 0.25) is 0 Å². The normalized spacial score (nSPS) is 4.00. The van der Waals surface area contributed by atoms with Gasteiger partial charge >= 0.3 is 0 Å². The molecule has 0 aromatic heterocycles. The second-order valence-corrected chi connectivity index (χ2v) is 0.577. The summed E-state index contributed by atoms with van der Waals surface area (Å²) in [5, 5.41) is 7.00. The minimum absolute atomic E-state index is 0. The van der Waals surface area contributed by atoms with E-state index in [1.807, 2.05) is 6.92 Å². The molecule has 0 unspecified atom stereocenters. The predicted molar refractivity (Wildman–Crippen MR) is 36.5 cm³/mol. The van der Waals surface area contributed by atoms with Crippen LogP contribution in [-0.2, 0) is 4.74 Å². The highest BCUT2D eigenvalue weighted by atomic mass is 16.5. The van der Waals surface area contributed by atoms with Crippen LogP contribution in [0, 0.1) is 0 Å². The third kappa shape index (κ3) is 410. The highest BCUT2D eigenvalue weighted by Gasteiger charge is 1.51. The maximum Gasteiger partial charge on any atom is 0.0433 e. The molecular formula is C4H18O5. The molecule has 5 nitrogen and oxygen atoms in total. The topological polar surface area (TPSA) is 124 Å². The van der Waals surface area contributed by atoms with Crippen LogP contribution < -0.4 is 0 Å². The molecule has 64 valence electrons. The molecule has 0 aromatic carbocycles. The van der Waals surface area contributed by atoms with Crippen molar-refractivity contribution < 1.29 is 26.3 Å². The van der Waals surface area contributed by atoms with Crippen molar-refractivity contribution in [3.63, 3.8) is 0 Å². The zero-order valence-electron chi connectivity index (χ0n) is 6.06. The highest BCUT2D eigenvalue weighted by Crippen LogP contribution is 1.52. The summed E-state index contributed by atoms with van der Waals surface area (Å²) in [6.07, 6.45) is 0. The van der Waals surface area contributed by atoms with Crippen LogP contribution in [0.4, 0.5) is 0 Å². The summed E-state index contributed by atoms with van der Waals surface area (Å²) in [5.74, 6) is 0. The lowest BCUT2D eigenvalue weighted by Crippen LogP contribution is -1.73. The van der Waals surface area contributed by atoms with E-state index in [2.05, 4.69) is 4.74 Å². The standard InChI is InChI=1S/C3H8O.CH4O.3H2O/c1-3-4-2;1-2;;;/h3H2,1-2H3;2H,1H3;3*1H2. The van der Waals surface area contributed by atoms with Gasteiger partial charge in [0, 0.05) is 20.8 Å². The first kappa shape index (κ1) is 37.1.